The predicted molar refractivity (Wildman–Crippen MR) is 61.5 cm³/mol. The van der Waals surface area contributed by atoms with Crippen molar-refractivity contribution in [2.24, 2.45) is 0 Å². The summed E-state index contributed by atoms with van der Waals surface area (Å²) in [5.41, 5.74) is 1.61. The van der Waals surface area contributed by atoms with Gasteiger partial charge in [-0.25, -0.2) is 4.39 Å². The lowest BCUT2D eigenvalue weighted by Gasteiger charge is -2.25. The van der Waals surface area contributed by atoms with Gasteiger partial charge in [-0.1, -0.05) is 0 Å². The van der Waals surface area contributed by atoms with Gasteiger partial charge in [0.05, 0.1) is 6.61 Å². The van der Waals surface area contributed by atoms with Gasteiger partial charge in [-0.05, 0) is 49.5 Å². The molecule has 0 radical (unpaired) electrons. The van der Waals surface area contributed by atoms with Gasteiger partial charge in [0, 0.05) is 5.56 Å². The topological polar surface area (TPSA) is 30.5 Å². The van der Waals surface area contributed by atoms with Gasteiger partial charge >= 0.3 is 0 Å². The van der Waals surface area contributed by atoms with Crippen LogP contribution in [0.3, 0.4) is 0 Å². The van der Waals surface area contributed by atoms with Crippen molar-refractivity contribution < 1.29 is 13.9 Å². The minimum atomic E-state index is -0.121. The Bertz CT molecular complexity index is 416. The van der Waals surface area contributed by atoms with Gasteiger partial charge in [0.25, 0.3) is 0 Å². The molecule has 0 unspecified atom stereocenters. The van der Waals surface area contributed by atoms with Crippen molar-refractivity contribution in [1.82, 2.24) is 5.32 Å². The Morgan fingerprint density at radius 2 is 2.06 bits per heavy atom. The van der Waals surface area contributed by atoms with Gasteiger partial charge in [-0.2, -0.15) is 0 Å². The Labute approximate surface area is 99.9 Å². The third-order valence-corrected chi connectivity index (χ3v) is 3.51. The fourth-order valence-corrected chi connectivity index (χ4v) is 2.56. The lowest BCUT2D eigenvalue weighted by atomic mass is 9.89. The van der Waals surface area contributed by atoms with E-state index in [1.54, 1.807) is 6.07 Å². The van der Waals surface area contributed by atoms with Crippen LogP contribution in [-0.4, -0.2) is 19.9 Å². The van der Waals surface area contributed by atoms with Crippen LogP contribution in [0.1, 0.15) is 29.9 Å². The number of nitrogens with one attached hydrogen (secondary N) is 1. The standard InChI is InChI=1S/C13H16FNO2/c14-12-5-10-7-16-8-17-13(10)6-11(12)9-1-3-15-4-2-9/h5-6,9,15H,1-4,7-8H2. The van der Waals surface area contributed by atoms with Crippen LogP contribution in [0.15, 0.2) is 12.1 Å². The maximum atomic E-state index is 14.0. The van der Waals surface area contributed by atoms with Crippen LogP contribution in [-0.2, 0) is 11.3 Å². The largest absolute Gasteiger partial charge is 0.467 e. The molecule has 0 spiro atoms. The van der Waals surface area contributed by atoms with E-state index in [0.29, 0.717) is 12.5 Å². The summed E-state index contributed by atoms with van der Waals surface area (Å²) < 4.78 is 24.6. The van der Waals surface area contributed by atoms with Crippen molar-refractivity contribution in [2.45, 2.75) is 25.4 Å². The van der Waals surface area contributed by atoms with Crippen molar-refractivity contribution in [2.75, 3.05) is 19.9 Å². The molecule has 3 rings (SSSR count). The molecule has 92 valence electrons. The zero-order valence-corrected chi connectivity index (χ0v) is 9.67. The number of rotatable bonds is 1. The monoisotopic (exact) mass is 237 g/mol. The molecule has 0 atom stereocenters. The van der Waals surface area contributed by atoms with Crippen LogP contribution >= 0.6 is 0 Å². The third-order valence-electron chi connectivity index (χ3n) is 3.51. The fraction of sp³-hybridized carbons (Fsp3) is 0.538. The van der Waals surface area contributed by atoms with Gasteiger partial charge < -0.3 is 14.8 Å². The van der Waals surface area contributed by atoms with Crippen molar-refractivity contribution in [3.05, 3.63) is 29.1 Å². The van der Waals surface area contributed by atoms with E-state index in [2.05, 4.69) is 5.32 Å². The molecular formula is C13H16FNO2. The number of benzene rings is 1. The zero-order chi connectivity index (χ0) is 11.7. The third kappa shape index (κ3) is 2.15. The summed E-state index contributed by atoms with van der Waals surface area (Å²) in [7, 11) is 0. The normalized spacial score (nSPS) is 20.8. The van der Waals surface area contributed by atoms with Gasteiger partial charge in [0.15, 0.2) is 6.79 Å². The number of hydrogen-bond acceptors (Lipinski definition) is 3. The number of hydrogen-bond donors (Lipinski definition) is 1. The predicted octanol–water partition coefficient (Wildman–Crippen LogP) is 2.16. The summed E-state index contributed by atoms with van der Waals surface area (Å²) in [6.07, 6.45) is 1.98. The van der Waals surface area contributed by atoms with Crippen LogP contribution in [0.25, 0.3) is 0 Å². The molecule has 0 amide bonds. The highest BCUT2D eigenvalue weighted by Crippen LogP contribution is 2.34. The number of fused-ring (bicyclic) bond motifs is 1. The molecule has 1 N–H and O–H groups in total. The molecule has 4 heteroatoms. The zero-order valence-electron chi connectivity index (χ0n) is 9.67. The van der Waals surface area contributed by atoms with Gasteiger partial charge in [-0.15, -0.1) is 0 Å². The Hall–Kier alpha value is -1.13. The summed E-state index contributed by atoms with van der Waals surface area (Å²) in [5.74, 6) is 0.976. The summed E-state index contributed by atoms with van der Waals surface area (Å²) in [4.78, 5) is 0. The Morgan fingerprint density at radius 1 is 1.24 bits per heavy atom. The van der Waals surface area contributed by atoms with Crippen molar-refractivity contribution in [3.63, 3.8) is 0 Å². The molecule has 1 aromatic carbocycles. The maximum Gasteiger partial charge on any atom is 0.189 e. The number of halogens is 1. The minimum absolute atomic E-state index is 0.121. The molecule has 2 aliphatic rings. The molecule has 1 saturated heterocycles. The highest BCUT2D eigenvalue weighted by Gasteiger charge is 2.22. The SMILES string of the molecule is Fc1cc2c(cc1C1CCNCC1)OCOC2. The van der Waals surface area contributed by atoms with E-state index in [-0.39, 0.29) is 12.6 Å². The molecule has 1 fully saturated rings. The smallest absolute Gasteiger partial charge is 0.189 e. The quantitative estimate of drug-likeness (QED) is 0.812. The van der Waals surface area contributed by atoms with Crippen LogP contribution < -0.4 is 10.1 Å². The fourth-order valence-electron chi connectivity index (χ4n) is 2.56. The summed E-state index contributed by atoms with van der Waals surface area (Å²) in [6, 6.07) is 3.43. The summed E-state index contributed by atoms with van der Waals surface area (Å²) in [5, 5.41) is 3.29. The number of ether oxygens (including phenoxy) is 2. The second-order valence-electron chi connectivity index (χ2n) is 4.62. The summed E-state index contributed by atoms with van der Waals surface area (Å²) in [6.45, 7) is 2.64. The first kappa shape index (κ1) is 11.0. The van der Waals surface area contributed by atoms with Gasteiger partial charge in [-0.3, -0.25) is 0 Å². The molecule has 1 aromatic rings. The highest BCUT2D eigenvalue weighted by atomic mass is 19.1. The van der Waals surface area contributed by atoms with Crippen molar-refractivity contribution >= 4 is 0 Å². The van der Waals surface area contributed by atoms with Crippen LogP contribution in [0, 0.1) is 5.82 Å². The maximum absolute atomic E-state index is 14.0. The first-order valence-electron chi connectivity index (χ1n) is 6.08. The first-order valence-corrected chi connectivity index (χ1v) is 6.08. The van der Waals surface area contributed by atoms with Crippen LogP contribution in [0.2, 0.25) is 0 Å². The van der Waals surface area contributed by atoms with E-state index in [1.165, 1.54) is 0 Å². The Balaban J connectivity index is 1.93. The first-order chi connectivity index (χ1) is 8.34. The van der Waals surface area contributed by atoms with E-state index >= 15 is 0 Å². The summed E-state index contributed by atoms with van der Waals surface area (Å²) >= 11 is 0. The molecule has 2 aliphatic heterocycles. The molecular weight excluding hydrogens is 221 g/mol. The second kappa shape index (κ2) is 4.63. The average Bonchev–Trinajstić information content (AvgIpc) is 2.39. The molecule has 0 bridgehead atoms. The highest BCUT2D eigenvalue weighted by molar-refractivity contribution is 5.40. The Morgan fingerprint density at radius 3 is 2.88 bits per heavy atom. The molecule has 0 aliphatic carbocycles. The van der Waals surface area contributed by atoms with E-state index < -0.39 is 0 Å². The lowest BCUT2D eigenvalue weighted by Crippen LogP contribution is -2.27. The molecule has 17 heavy (non-hydrogen) atoms. The minimum Gasteiger partial charge on any atom is -0.467 e. The molecule has 2 heterocycles. The Kier molecular flexibility index (Phi) is 2.99. The molecule has 3 nitrogen and oxygen atoms in total. The van der Waals surface area contributed by atoms with E-state index in [1.807, 2.05) is 6.07 Å². The number of piperidine rings is 1. The van der Waals surface area contributed by atoms with E-state index in [9.17, 15) is 4.39 Å². The van der Waals surface area contributed by atoms with Crippen LogP contribution in [0.4, 0.5) is 4.39 Å². The van der Waals surface area contributed by atoms with Crippen molar-refractivity contribution in [1.29, 1.82) is 0 Å². The average molecular weight is 237 g/mol. The van der Waals surface area contributed by atoms with E-state index in [0.717, 1.165) is 42.8 Å². The van der Waals surface area contributed by atoms with Crippen molar-refractivity contribution in [3.8, 4) is 5.75 Å². The van der Waals surface area contributed by atoms with Crippen LogP contribution in [0.5, 0.6) is 5.75 Å². The van der Waals surface area contributed by atoms with E-state index in [4.69, 9.17) is 9.47 Å². The van der Waals surface area contributed by atoms with Gasteiger partial charge in [0.1, 0.15) is 11.6 Å². The molecule has 0 saturated carbocycles. The van der Waals surface area contributed by atoms with Gasteiger partial charge in [0.2, 0.25) is 0 Å². The second-order valence-corrected chi connectivity index (χ2v) is 4.62. The molecule has 0 aromatic heterocycles. The lowest BCUT2D eigenvalue weighted by molar-refractivity contribution is -0.0167.